The van der Waals surface area contributed by atoms with Crippen molar-refractivity contribution in [1.29, 1.82) is 0 Å². The largest absolute Gasteiger partial charge is 0.435 e. The van der Waals surface area contributed by atoms with Gasteiger partial charge in [0.25, 0.3) is 0 Å². The van der Waals surface area contributed by atoms with E-state index in [9.17, 15) is 8.78 Å². The number of alkyl halides is 2. The van der Waals surface area contributed by atoms with Crippen LogP contribution in [0.2, 0.25) is 0 Å². The van der Waals surface area contributed by atoms with Gasteiger partial charge in [-0.15, -0.1) is 11.3 Å². The summed E-state index contributed by atoms with van der Waals surface area (Å²) in [5, 5.41) is 8.63. The summed E-state index contributed by atoms with van der Waals surface area (Å²) in [5.41, 5.74) is 0.701. The maximum Gasteiger partial charge on any atom is 0.387 e. The van der Waals surface area contributed by atoms with Crippen LogP contribution in [0.25, 0.3) is 0 Å². The molecule has 0 amide bonds. The molecule has 21 heavy (non-hydrogen) atoms. The average molecular weight is 328 g/mol. The van der Waals surface area contributed by atoms with E-state index in [1.165, 1.54) is 17.0 Å². The summed E-state index contributed by atoms with van der Waals surface area (Å²) in [4.78, 5) is 1.18. The first-order chi connectivity index (χ1) is 10.0. The lowest BCUT2D eigenvalue weighted by atomic mass is 10.3. The molecule has 0 saturated carbocycles. The van der Waals surface area contributed by atoms with E-state index in [4.69, 9.17) is 12.2 Å². The smallest absolute Gasteiger partial charge is 0.387 e. The fourth-order valence-electron chi connectivity index (χ4n) is 1.69. The highest BCUT2D eigenvalue weighted by Gasteiger charge is 2.08. The first-order valence-electron chi connectivity index (χ1n) is 6.20. The van der Waals surface area contributed by atoms with Crippen molar-refractivity contribution >= 4 is 34.4 Å². The minimum Gasteiger partial charge on any atom is -0.435 e. The van der Waals surface area contributed by atoms with Crippen LogP contribution in [0, 0.1) is 0 Å². The van der Waals surface area contributed by atoms with Crippen LogP contribution in [0.5, 0.6) is 5.75 Å². The summed E-state index contributed by atoms with van der Waals surface area (Å²) in [5.74, 6) is 0.112. The second-order valence-corrected chi connectivity index (χ2v) is 5.63. The van der Waals surface area contributed by atoms with Crippen LogP contribution in [-0.4, -0.2) is 11.7 Å². The number of anilines is 1. The molecule has 0 unspecified atom stereocenters. The normalized spacial score (nSPS) is 12.0. The minimum absolute atomic E-state index is 0.103. The van der Waals surface area contributed by atoms with E-state index in [1.54, 1.807) is 23.5 Å². The third kappa shape index (κ3) is 4.95. The Bertz CT molecular complexity index is 573. The molecular weight excluding hydrogens is 314 g/mol. The molecule has 7 heteroatoms. The molecule has 2 aromatic rings. The van der Waals surface area contributed by atoms with Crippen LogP contribution in [0.1, 0.15) is 17.8 Å². The summed E-state index contributed by atoms with van der Waals surface area (Å²) in [6.45, 7) is -0.808. The number of ether oxygens (including phenoxy) is 1. The highest BCUT2D eigenvalue weighted by atomic mass is 32.1. The molecular formula is C14H14F2N2OS2. The lowest BCUT2D eigenvalue weighted by molar-refractivity contribution is -0.0498. The van der Waals surface area contributed by atoms with Gasteiger partial charge in [0, 0.05) is 10.6 Å². The summed E-state index contributed by atoms with van der Waals surface area (Å²) in [6, 6.07) is 10.3. The van der Waals surface area contributed by atoms with Crippen LogP contribution >= 0.6 is 23.6 Å². The highest BCUT2D eigenvalue weighted by Crippen LogP contribution is 2.20. The van der Waals surface area contributed by atoms with E-state index < -0.39 is 6.61 Å². The SMILES string of the molecule is C[C@@H](NC(=S)Nc1ccc(OC(F)F)cc1)c1cccs1. The molecule has 0 aliphatic rings. The third-order valence-electron chi connectivity index (χ3n) is 2.65. The standard InChI is InChI=1S/C14H14F2N2OS2/c1-9(12-3-2-8-21-12)17-14(20)18-10-4-6-11(7-5-10)19-13(15)16/h2-9,13H,1H3,(H2,17,18,20)/t9-/m1/s1. The summed E-state index contributed by atoms with van der Waals surface area (Å²) in [6.07, 6.45) is 0. The first-order valence-corrected chi connectivity index (χ1v) is 7.49. The molecule has 0 spiro atoms. The van der Waals surface area contributed by atoms with Crippen molar-refractivity contribution in [3.05, 3.63) is 46.7 Å². The van der Waals surface area contributed by atoms with Gasteiger partial charge in [-0.1, -0.05) is 6.07 Å². The van der Waals surface area contributed by atoms with Crippen molar-refractivity contribution in [3.63, 3.8) is 0 Å². The second kappa shape index (κ2) is 7.33. The molecule has 0 saturated heterocycles. The summed E-state index contributed by atoms with van der Waals surface area (Å²) in [7, 11) is 0. The fraction of sp³-hybridized carbons (Fsp3) is 0.214. The van der Waals surface area contributed by atoms with E-state index in [2.05, 4.69) is 15.4 Å². The van der Waals surface area contributed by atoms with Gasteiger partial charge in [-0.25, -0.2) is 0 Å². The van der Waals surface area contributed by atoms with Gasteiger partial charge < -0.3 is 15.4 Å². The molecule has 1 aromatic carbocycles. The highest BCUT2D eigenvalue weighted by molar-refractivity contribution is 7.80. The number of thiocarbonyl (C=S) groups is 1. The molecule has 2 rings (SSSR count). The Morgan fingerprint density at radius 3 is 2.52 bits per heavy atom. The molecule has 112 valence electrons. The van der Waals surface area contributed by atoms with Crippen LogP contribution in [0.4, 0.5) is 14.5 Å². The zero-order chi connectivity index (χ0) is 15.2. The summed E-state index contributed by atoms with van der Waals surface area (Å²) >= 11 is 6.87. The van der Waals surface area contributed by atoms with E-state index in [0.29, 0.717) is 10.8 Å². The molecule has 1 heterocycles. The van der Waals surface area contributed by atoms with Gasteiger partial charge in [0.15, 0.2) is 5.11 Å². The van der Waals surface area contributed by atoms with Gasteiger partial charge in [0.2, 0.25) is 0 Å². The van der Waals surface area contributed by atoms with Crippen molar-refractivity contribution in [2.75, 3.05) is 5.32 Å². The Labute approximate surface area is 130 Å². The van der Waals surface area contributed by atoms with Gasteiger partial charge >= 0.3 is 6.61 Å². The average Bonchev–Trinajstić information content (AvgIpc) is 2.94. The molecule has 0 aliphatic carbocycles. The van der Waals surface area contributed by atoms with Crippen LogP contribution in [-0.2, 0) is 0 Å². The lowest BCUT2D eigenvalue weighted by Crippen LogP contribution is -2.30. The van der Waals surface area contributed by atoms with E-state index in [1.807, 2.05) is 24.4 Å². The number of nitrogens with one attached hydrogen (secondary N) is 2. The maximum absolute atomic E-state index is 12.0. The Hall–Kier alpha value is -1.73. The van der Waals surface area contributed by atoms with Crippen molar-refractivity contribution in [1.82, 2.24) is 5.32 Å². The molecule has 0 fully saturated rings. The Kier molecular flexibility index (Phi) is 5.46. The number of halogens is 2. The van der Waals surface area contributed by atoms with Gasteiger partial charge in [0.05, 0.1) is 6.04 Å². The van der Waals surface area contributed by atoms with Crippen LogP contribution in [0.15, 0.2) is 41.8 Å². The van der Waals surface area contributed by atoms with E-state index in [0.717, 1.165) is 0 Å². The molecule has 0 radical (unpaired) electrons. The predicted molar refractivity (Wildman–Crippen MR) is 85.2 cm³/mol. The maximum atomic E-state index is 12.0. The quantitative estimate of drug-likeness (QED) is 0.797. The molecule has 0 aliphatic heterocycles. The van der Waals surface area contributed by atoms with Crippen molar-refractivity contribution in [2.45, 2.75) is 19.6 Å². The Morgan fingerprint density at radius 2 is 1.95 bits per heavy atom. The molecule has 1 atom stereocenters. The number of benzene rings is 1. The number of hydrogen-bond donors (Lipinski definition) is 2. The molecule has 3 nitrogen and oxygen atoms in total. The third-order valence-corrected chi connectivity index (χ3v) is 3.93. The lowest BCUT2D eigenvalue weighted by Gasteiger charge is -2.16. The van der Waals surface area contributed by atoms with E-state index >= 15 is 0 Å². The first kappa shape index (κ1) is 15.7. The fourth-order valence-corrected chi connectivity index (χ4v) is 2.72. The summed E-state index contributed by atoms with van der Waals surface area (Å²) < 4.78 is 28.4. The van der Waals surface area contributed by atoms with Crippen molar-refractivity contribution in [2.24, 2.45) is 0 Å². The van der Waals surface area contributed by atoms with Gasteiger partial charge in [-0.2, -0.15) is 8.78 Å². The molecule has 0 bridgehead atoms. The monoisotopic (exact) mass is 328 g/mol. The van der Waals surface area contributed by atoms with Crippen molar-refractivity contribution in [3.8, 4) is 5.75 Å². The second-order valence-electron chi connectivity index (χ2n) is 4.24. The minimum atomic E-state index is -2.82. The number of rotatable bonds is 5. The van der Waals surface area contributed by atoms with E-state index in [-0.39, 0.29) is 11.8 Å². The molecule has 2 N–H and O–H groups in total. The zero-order valence-corrected chi connectivity index (χ0v) is 12.8. The van der Waals surface area contributed by atoms with Gasteiger partial charge in [-0.3, -0.25) is 0 Å². The topological polar surface area (TPSA) is 33.3 Å². The van der Waals surface area contributed by atoms with Crippen molar-refractivity contribution < 1.29 is 13.5 Å². The van der Waals surface area contributed by atoms with Crippen LogP contribution < -0.4 is 15.4 Å². The predicted octanol–water partition coefficient (Wildman–Crippen LogP) is 4.40. The Morgan fingerprint density at radius 1 is 1.24 bits per heavy atom. The number of hydrogen-bond acceptors (Lipinski definition) is 3. The Balaban J connectivity index is 1.87. The number of thiophene rings is 1. The van der Waals surface area contributed by atoms with Crippen LogP contribution in [0.3, 0.4) is 0 Å². The van der Waals surface area contributed by atoms with Gasteiger partial charge in [0.1, 0.15) is 5.75 Å². The molecule has 1 aromatic heterocycles. The zero-order valence-electron chi connectivity index (χ0n) is 11.2. The van der Waals surface area contributed by atoms with Gasteiger partial charge in [-0.05, 0) is 54.9 Å².